The maximum Gasteiger partial charge on any atom is 0.266 e. The van der Waals surface area contributed by atoms with E-state index in [2.05, 4.69) is 5.32 Å². The van der Waals surface area contributed by atoms with E-state index in [1.807, 2.05) is 66.1 Å². The van der Waals surface area contributed by atoms with Gasteiger partial charge in [0.25, 0.3) is 5.91 Å². The summed E-state index contributed by atoms with van der Waals surface area (Å²) in [5, 5.41) is 6.84. The molecular formula is C20H14N2O2S3. The zero-order chi connectivity index (χ0) is 18.8. The Morgan fingerprint density at radius 2 is 1.93 bits per heavy atom. The van der Waals surface area contributed by atoms with Gasteiger partial charge in [-0.1, -0.05) is 66.4 Å². The van der Waals surface area contributed by atoms with Gasteiger partial charge >= 0.3 is 0 Å². The van der Waals surface area contributed by atoms with Crippen LogP contribution in [0, 0.1) is 0 Å². The van der Waals surface area contributed by atoms with Crippen molar-refractivity contribution < 1.29 is 9.59 Å². The second-order valence-electron chi connectivity index (χ2n) is 5.86. The molecule has 1 saturated heterocycles. The first-order chi connectivity index (χ1) is 13.1. The van der Waals surface area contributed by atoms with Gasteiger partial charge in [-0.05, 0) is 29.0 Å². The van der Waals surface area contributed by atoms with E-state index in [4.69, 9.17) is 12.2 Å². The van der Waals surface area contributed by atoms with Crippen molar-refractivity contribution in [3.63, 3.8) is 0 Å². The summed E-state index contributed by atoms with van der Waals surface area (Å²) >= 11 is 8.08. The Bertz CT molecular complexity index is 1070. The second kappa shape index (κ2) is 7.64. The van der Waals surface area contributed by atoms with Gasteiger partial charge < -0.3 is 5.32 Å². The minimum absolute atomic E-state index is 0.102. The molecule has 2 aromatic carbocycles. The SMILES string of the molecule is O=C(CN1C(=O)C(=Cc2cccs2)SC1=S)Nc1cccc2ccccc12. The number of hydrogen-bond donors (Lipinski definition) is 1. The van der Waals surface area contributed by atoms with Gasteiger partial charge in [-0.3, -0.25) is 14.5 Å². The van der Waals surface area contributed by atoms with Crippen molar-refractivity contribution in [3.05, 3.63) is 69.8 Å². The van der Waals surface area contributed by atoms with Crippen LogP contribution >= 0.6 is 35.3 Å². The largest absolute Gasteiger partial charge is 0.324 e. The monoisotopic (exact) mass is 410 g/mol. The average molecular weight is 411 g/mol. The van der Waals surface area contributed by atoms with E-state index in [0.29, 0.717) is 9.23 Å². The van der Waals surface area contributed by atoms with Crippen molar-refractivity contribution in [1.82, 2.24) is 4.90 Å². The Morgan fingerprint density at radius 1 is 1.11 bits per heavy atom. The van der Waals surface area contributed by atoms with Crippen molar-refractivity contribution in [2.45, 2.75) is 0 Å². The minimum Gasteiger partial charge on any atom is -0.324 e. The number of nitrogens with zero attached hydrogens (tertiary/aromatic N) is 1. The van der Waals surface area contributed by atoms with E-state index in [1.54, 1.807) is 11.3 Å². The minimum atomic E-state index is -0.278. The highest BCUT2D eigenvalue weighted by Crippen LogP contribution is 2.33. The van der Waals surface area contributed by atoms with Gasteiger partial charge in [0.1, 0.15) is 10.9 Å². The molecule has 0 atom stereocenters. The number of rotatable bonds is 4. The lowest BCUT2D eigenvalue weighted by atomic mass is 10.1. The predicted octanol–water partition coefficient (Wildman–Crippen LogP) is 4.74. The third kappa shape index (κ3) is 3.80. The van der Waals surface area contributed by atoms with E-state index in [1.165, 1.54) is 16.7 Å². The van der Waals surface area contributed by atoms with Gasteiger partial charge in [0.05, 0.1) is 4.91 Å². The first-order valence-corrected chi connectivity index (χ1v) is 10.3. The topological polar surface area (TPSA) is 49.4 Å². The van der Waals surface area contributed by atoms with Crippen LogP contribution in [-0.4, -0.2) is 27.6 Å². The van der Waals surface area contributed by atoms with Crippen LogP contribution in [-0.2, 0) is 9.59 Å². The van der Waals surface area contributed by atoms with Gasteiger partial charge in [0.15, 0.2) is 0 Å². The number of hydrogen-bond acceptors (Lipinski definition) is 5. The number of nitrogens with one attached hydrogen (secondary N) is 1. The van der Waals surface area contributed by atoms with Crippen LogP contribution in [0.25, 0.3) is 16.8 Å². The summed E-state index contributed by atoms with van der Waals surface area (Å²) in [7, 11) is 0. The van der Waals surface area contributed by atoms with Crippen LogP contribution < -0.4 is 5.32 Å². The highest BCUT2D eigenvalue weighted by atomic mass is 32.2. The third-order valence-corrected chi connectivity index (χ3v) is 6.25. The van der Waals surface area contributed by atoms with Crippen molar-refractivity contribution >= 4 is 74.0 Å². The Labute approximate surface area is 169 Å². The Balaban J connectivity index is 1.49. The summed E-state index contributed by atoms with van der Waals surface area (Å²) in [4.78, 5) is 28.0. The number of carbonyl (C=O) groups is 2. The lowest BCUT2D eigenvalue weighted by Gasteiger charge is -2.15. The van der Waals surface area contributed by atoms with Gasteiger partial charge in [-0.25, -0.2) is 0 Å². The molecule has 3 aromatic rings. The molecule has 1 fully saturated rings. The molecule has 0 aliphatic carbocycles. The summed E-state index contributed by atoms with van der Waals surface area (Å²) in [6.45, 7) is -0.102. The van der Waals surface area contributed by atoms with Crippen molar-refractivity contribution in [1.29, 1.82) is 0 Å². The van der Waals surface area contributed by atoms with Gasteiger partial charge in [0.2, 0.25) is 5.91 Å². The molecule has 0 unspecified atom stereocenters. The summed E-state index contributed by atoms with van der Waals surface area (Å²) in [6, 6.07) is 17.4. The summed E-state index contributed by atoms with van der Waals surface area (Å²) in [5.41, 5.74) is 0.720. The Morgan fingerprint density at radius 3 is 2.74 bits per heavy atom. The van der Waals surface area contributed by atoms with E-state index >= 15 is 0 Å². The molecule has 1 aliphatic heterocycles. The summed E-state index contributed by atoms with van der Waals surface area (Å²) in [6.07, 6.45) is 1.81. The predicted molar refractivity (Wildman–Crippen MR) is 117 cm³/mol. The average Bonchev–Trinajstić information content (AvgIpc) is 3.26. The normalized spacial score (nSPS) is 15.7. The first-order valence-electron chi connectivity index (χ1n) is 8.18. The maximum absolute atomic E-state index is 12.6. The number of thiocarbonyl (C=S) groups is 1. The number of anilines is 1. The van der Waals surface area contributed by atoms with Crippen LogP contribution in [0.1, 0.15) is 4.88 Å². The standard InChI is InChI=1S/C20H14N2O2S3/c23-18(21-16-9-3-6-13-5-1-2-8-15(13)16)12-22-19(24)17(27-20(22)25)11-14-7-4-10-26-14/h1-11H,12H2,(H,21,23). The molecule has 0 radical (unpaired) electrons. The third-order valence-electron chi connectivity index (χ3n) is 4.06. The first kappa shape index (κ1) is 17.9. The zero-order valence-electron chi connectivity index (χ0n) is 14.0. The molecule has 27 heavy (non-hydrogen) atoms. The smallest absolute Gasteiger partial charge is 0.266 e. The molecule has 4 rings (SSSR count). The van der Waals surface area contributed by atoms with E-state index < -0.39 is 0 Å². The molecule has 134 valence electrons. The molecule has 1 aromatic heterocycles. The molecule has 1 N–H and O–H groups in total. The number of fused-ring (bicyclic) bond motifs is 1. The molecule has 0 spiro atoms. The highest BCUT2D eigenvalue weighted by Gasteiger charge is 2.33. The molecular weight excluding hydrogens is 396 g/mol. The quantitative estimate of drug-likeness (QED) is 0.499. The van der Waals surface area contributed by atoms with Gasteiger partial charge in [0, 0.05) is 16.0 Å². The van der Waals surface area contributed by atoms with Crippen LogP contribution in [0.15, 0.2) is 64.9 Å². The van der Waals surface area contributed by atoms with E-state index in [0.717, 1.165) is 21.3 Å². The van der Waals surface area contributed by atoms with Crippen molar-refractivity contribution in [3.8, 4) is 0 Å². The van der Waals surface area contributed by atoms with Crippen LogP contribution in [0.5, 0.6) is 0 Å². The van der Waals surface area contributed by atoms with E-state index in [9.17, 15) is 9.59 Å². The van der Waals surface area contributed by atoms with Crippen molar-refractivity contribution in [2.75, 3.05) is 11.9 Å². The fraction of sp³-hybridized carbons (Fsp3) is 0.0500. The lowest BCUT2D eigenvalue weighted by molar-refractivity contribution is -0.126. The van der Waals surface area contributed by atoms with Crippen LogP contribution in [0.3, 0.4) is 0 Å². The van der Waals surface area contributed by atoms with Crippen molar-refractivity contribution in [2.24, 2.45) is 0 Å². The number of thiophene rings is 1. The molecule has 7 heteroatoms. The van der Waals surface area contributed by atoms with Crippen LogP contribution in [0.4, 0.5) is 5.69 Å². The maximum atomic E-state index is 12.6. The number of thioether (sulfide) groups is 1. The molecule has 1 aliphatic rings. The summed E-state index contributed by atoms with van der Waals surface area (Å²) in [5.74, 6) is -0.508. The highest BCUT2D eigenvalue weighted by molar-refractivity contribution is 8.26. The molecule has 0 saturated carbocycles. The fourth-order valence-electron chi connectivity index (χ4n) is 2.81. The number of carbonyl (C=O) groups excluding carboxylic acids is 2. The summed E-state index contributed by atoms with van der Waals surface area (Å²) < 4.78 is 0.399. The van der Waals surface area contributed by atoms with Crippen LogP contribution in [0.2, 0.25) is 0 Å². The molecule has 2 heterocycles. The zero-order valence-corrected chi connectivity index (χ0v) is 16.5. The fourth-order valence-corrected chi connectivity index (χ4v) is 4.78. The molecule has 0 bridgehead atoms. The second-order valence-corrected chi connectivity index (χ2v) is 8.51. The number of benzene rings is 2. The number of amides is 2. The Hall–Kier alpha value is -2.48. The molecule has 4 nitrogen and oxygen atoms in total. The Kier molecular flexibility index (Phi) is 5.07. The van der Waals surface area contributed by atoms with E-state index in [-0.39, 0.29) is 18.4 Å². The lowest BCUT2D eigenvalue weighted by Crippen LogP contribution is -2.36. The molecule has 2 amide bonds. The van der Waals surface area contributed by atoms with Gasteiger partial charge in [-0.15, -0.1) is 11.3 Å². The van der Waals surface area contributed by atoms with Gasteiger partial charge in [-0.2, -0.15) is 0 Å².